The van der Waals surface area contributed by atoms with E-state index in [0.29, 0.717) is 17.1 Å². The molecule has 0 atom stereocenters. The average Bonchev–Trinajstić information content (AvgIpc) is 2.84. The minimum Gasteiger partial charge on any atom is -0.378 e. The van der Waals surface area contributed by atoms with Crippen molar-refractivity contribution in [1.29, 1.82) is 0 Å². The maximum Gasteiger partial charge on any atom is 0.222 e. The SMILES string of the molecule is Clc1cnc(NCCCOC2CCCC2)nc1. The fourth-order valence-electron chi connectivity index (χ4n) is 1.98. The maximum atomic E-state index is 5.76. The highest BCUT2D eigenvalue weighted by atomic mass is 35.5. The van der Waals surface area contributed by atoms with Crippen LogP contribution in [0.15, 0.2) is 12.4 Å². The summed E-state index contributed by atoms with van der Waals surface area (Å²) in [6.07, 6.45) is 9.76. The number of hydrogen-bond donors (Lipinski definition) is 1. The summed E-state index contributed by atoms with van der Waals surface area (Å²) in [4.78, 5) is 8.12. The molecule has 2 rings (SSSR count). The summed E-state index contributed by atoms with van der Waals surface area (Å²) < 4.78 is 5.76. The van der Waals surface area contributed by atoms with Crippen molar-refractivity contribution in [3.05, 3.63) is 17.4 Å². The van der Waals surface area contributed by atoms with Crippen LogP contribution in [0.2, 0.25) is 5.02 Å². The summed E-state index contributed by atoms with van der Waals surface area (Å²) in [5.41, 5.74) is 0. The van der Waals surface area contributed by atoms with Crippen LogP contribution in [-0.2, 0) is 4.74 Å². The van der Waals surface area contributed by atoms with Gasteiger partial charge in [0.15, 0.2) is 0 Å². The predicted molar refractivity (Wildman–Crippen MR) is 68.4 cm³/mol. The van der Waals surface area contributed by atoms with Gasteiger partial charge in [0.2, 0.25) is 5.95 Å². The smallest absolute Gasteiger partial charge is 0.222 e. The van der Waals surface area contributed by atoms with Gasteiger partial charge in [0.05, 0.1) is 23.5 Å². The summed E-state index contributed by atoms with van der Waals surface area (Å²) in [6.45, 7) is 1.64. The van der Waals surface area contributed by atoms with Crippen LogP contribution in [-0.4, -0.2) is 29.2 Å². The number of rotatable bonds is 6. The summed E-state index contributed by atoms with van der Waals surface area (Å²) in [5, 5.41) is 3.69. The van der Waals surface area contributed by atoms with E-state index < -0.39 is 0 Å². The molecule has 1 fully saturated rings. The second-order valence-electron chi connectivity index (χ2n) is 4.28. The van der Waals surface area contributed by atoms with E-state index in [1.165, 1.54) is 25.7 Å². The van der Waals surface area contributed by atoms with Crippen LogP contribution >= 0.6 is 11.6 Å². The van der Waals surface area contributed by atoms with Gasteiger partial charge in [0, 0.05) is 13.2 Å². The van der Waals surface area contributed by atoms with E-state index in [4.69, 9.17) is 16.3 Å². The Morgan fingerprint density at radius 1 is 1.29 bits per heavy atom. The Kier molecular flexibility index (Phi) is 5.01. The molecule has 1 saturated carbocycles. The summed E-state index contributed by atoms with van der Waals surface area (Å²) in [5.74, 6) is 0.621. The van der Waals surface area contributed by atoms with Gasteiger partial charge in [-0.25, -0.2) is 9.97 Å². The molecule has 0 aromatic carbocycles. The molecule has 4 nitrogen and oxygen atoms in total. The predicted octanol–water partition coefficient (Wildman–Crippen LogP) is 2.89. The van der Waals surface area contributed by atoms with Crippen molar-refractivity contribution in [3.63, 3.8) is 0 Å². The van der Waals surface area contributed by atoms with Crippen LogP contribution in [0.5, 0.6) is 0 Å². The largest absolute Gasteiger partial charge is 0.378 e. The first-order valence-electron chi connectivity index (χ1n) is 6.17. The lowest BCUT2D eigenvalue weighted by molar-refractivity contribution is 0.0583. The van der Waals surface area contributed by atoms with Gasteiger partial charge in [0.25, 0.3) is 0 Å². The Morgan fingerprint density at radius 2 is 2.00 bits per heavy atom. The number of nitrogens with one attached hydrogen (secondary N) is 1. The number of nitrogens with zero attached hydrogens (tertiary/aromatic N) is 2. The van der Waals surface area contributed by atoms with E-state index in [0.717, 1.165) is 19.6 Å². The number of anilines is 1. The average molecular weight is 256 g/mol. The molecule has 1 aromatic rings. The molecule has 0 bridgehead atoms. The molecule has 1 aromatic heterocycles. The second kappa shape index (κ2) is 6.77. The summed E-state index contributed by atoms with van der Waals surface area (Å²) in [6, 6.07) is 0. The standard InChI is InChI=1S/C12H18ClN3O/c13-10-8-15-12(16-9-10)14-6-3-7-17-11-4-1-2-5-11/h8-9,11H,1-7H2,(H,14,15,16). The minimum atomic E-state index is 0.502. The molecule has 5 heteroatoms. The Balaban J connectivity index is 1.55. The monoisotopic (exact) mass is 255 g/mol. The van der Waals surface area contributed by atoms with Crippen molar-refractivity contribution in [3.8, 4) is 0 Å². The first kappa shape index (κ1) is 12.6. The molecule has 1 aliphatic carbocycles. The van der Waals surface area contributed by atoms with Crippen molar-refractivity contribution in [2.45, 2.75) is 38.2 Å². The highest BCUT2D eigenvalue weighted by Crippen LogP contribution is 2.20. The molecule has 0 amide bonds. The van der Waals surface area contributed by atoms with Crippen molar-refractivity contribution in [2.75, 3.05) is 18.5 Å². The van der Waals surface area contributed by atoms with Crippen molar-refractivity contribution in [2.24, 2.45) is 0 Å². The van der Waals surface area contributed by atoms with E-state index in [-0.39, 0.29) is 0 Å². The van der Waals surface area contributed by atoms with Gasteiger partial charge < -0.3 is 10.1 Å². The molecule has 1 aliphatic rings. The molecule has 0 saturated heterocycles. The van der Waals surface area contributed by atoms with Crippen LogP contribution in [0.4, 0.5) is 5.95 Å². The van der Waals surface area contributed by atoms with E-state index >= 15 is 0 Å². The lowest BCUT2D eigenvalue weighted by atomic mass is 10.3. The molecule has 0 radical (unpaired) electrons. The lowest BCUT2D eigenvalue weighted by Gasteiger charge is -2.10. The van der Waals surface area contributed by atoms with Crippen molar-refractivity contribution >= 4 is 17.5 Å². The first-order chi connectivity index (χ1) is 8.34. The quantitative estimate of drug-likeness (QED) is 0.794. The molecule has 17 heavy (non-hydrogen) atoms. The first-order valence-corrected chi connectivity index (χ1v) is 6.55. The second-order valence-corrected chi connectivity index (χ2v) is 4.72. The van der Waals surface area contributed by atoms with Gasteiger partial charge in [-0.15, -0.1) is 0 Å². The Hall–Kier alpha value is -0.870. The third-order valence-electron chi connectivity index (χ3n) is 2.88. The van der Waals surface area contributed by atoms with Crippen LogP contribution in [0.25, 0.3) is 0 Å². The van der Waals surface area contributed by atoms with Gasteiger partial charge in [-0.05, 0) is 19.3 Å². The van der Waals surface area contributed by atoms with E-state index in [1.807, 2.05) is 0 Å². The van der Waals surface area contributed by atoms with Crippen molar-refractivity contribution in [1.82, 2.24) is 9.97 Å². The Bertz CT molecular complexity index is 325. The van der Waals surface area contributed by atoms with Crippen LogP contribution in [0.3, 0.4) is 0 Å². The van der Waals surface area contributed by atoms with E-state index in [1.54, 1.807) is 12.4 Å². The Labute approximate surface area is 107 Å². The molecule has 0 spiro atoms. The topological polar surface area (TPSA) is 47.0 Å². The highest BCUT2D eigenvalue weighted by Gasteiger charge is 2.14. The third-order valence-corrected chi connectivity index (χ3v) is 3.08. The van der Waals surface area contributed by atoms with Crippen molar-refractivity contribution < 1.29 is 4.74 Å². The third kappa shape index (κ3) is 4.48. The highest BCUT2D eigenvalue weighted by molar-refractivity contribution is 6.30. The lowest BCUT2D eigenvalue weighted by Crippen LogP contribution is -2.12. The fraction of sp³-hybridized carbons (Fsp3) is 0.667. The molecule has 94 valence electrons. The molecule has 1 N–H and O–H groups in total. The Morgan fingerprint density at radius 3 is 2.71 bits per heavy atom. The summed E-state index contributed by atoms with van der Waals surface area (Å²) >= 11 is 5.70. The summed E-state index contributed by atoms with van der Waals surface area (Å²) in [7, 11) is 0. The van der Waals surface area contributed by atoms with Crippen LogP contribution in [0.1, 0.15) is 32.1 Å². The molecular formula is C12H18ClN3O. The zero-order valence-electron chi connectivity index (χ0n) is 9.86. The van der Waals surface area contributed by atoms with Crippen LogP contribution in [0, 0.1) is 0 Å². The normalized spacial score (nSPS) is 16.3. The molecular weight excluding hydrogens is 238 g/mol. The zero-order chi connectivity index (χ0) is 11.9. The van der Waals surface area contributed by atoms with E-state index in [9.17, 15) is 0 Å². The number of hydrogen-bond acceptors (Lipinski definition) is 4. The molecule has 0 unspecified atom stereocenters. The minimum absolute atomic E-state index is 0.502. The van der Waals surface area contributed by atoms with Gasteiger partial charge >= 0.3 is 0 Å². The molecule has 1 heterocycles. The van der Waals surface area contributed by atoms with Gasteiger partial charge in [0.1, 0.15) is 0 Å². The van der Waals surface area contributed by atoms with Crippen LogP contribution < -0.4 is 5.32 Å². The number of aromatic nitrogens is 2. The molecule has 0 aliphatic heterocycles. The zero-order valence-corrected chi connectivity index (χ0v) is 10.6. The van der Waals surface area contributed by atoms with Gasteiger partial charge in [-0.1, -0.05) is 24.4 Å². The van der Waals surface area contributed by atoms with Gasteiger partial charge in [-0.2, -0.15) is 0 Å². The number of ether oxygens (including phenoxy) is 1. The van der Waals surface area contributed by atoms with Gasteiger partial charge in [-0.3, -0.25) is 0 Å². The maximum absolute atomic E-state index is 5.76. The number of halogens is 1. The fourth-order valence-corrected chi connectivity index (χ4v) is 2.08. The van der Waals surface area contributed by atoms with E-state index in [2.05, 4.69) is 15.3 Å².